The summed E-state index contributed by atoms with van der Waals surface area (Å²) in [7, 11) is 1.45. The van der Waals surface area contributed by atoms with Gasteiger partial charge in [0.2, 0.25) is 5.91 Å². The summed E-state index contributed by atoms with van der Waals surface area (Å²) in [5.74, 6) is -7.75. The van der Waals surface area contributed by atoms with Crippen molar-refractivity contribution in [1.29, 1.82) is 0 Å². The maximum absolute atomic E-state index is 15.0. The summed E-state index contributed by atoms with van der Waals surface area (Å²) in [6, 6.07) is 10.0. The van der Waals surface area contributed by atoms with Gasteiger partial charge in [-0.2, -0.15) is 0 Å². The third-order valence-corrected chi connectivity index (χ3v) is 16.1. The fraction of sp³-hybridized carbons (Fsp3) is 0.552. The quantitative estimate of drug-likeness (QED) is 0.0834. The molecule has 6 aliphatic rings. The number of methoxy groups -OCH3 is 1. The van der Waals surface area contributed by atoms with Gasteiger partial charge in [-0.25, -0.2) is 0 Å². The number of nitrogens with one attached hydrogen (secondary N) is 2. The van der Waals surface area contributed by atoms with Crippen LogP contribution >= 0.6 is 0 Å². The van der Waals surface area contributed by atoms with Crippen LogP contribution in [0, 0.1) is 36.5 Å². The van der Waals surface area contributed by atoms with E-state index < -0.39 is 95.1 Å². The molecule has 18 nitrogen and oxygen atoms in total. The van der Waals surface area contributed by atoms with E-state index in [1.54, 1.807) is 64.7 Å². The lowest BCUT2D eigenvalue weighted by Crippen LogP contribution is -2.47. The van der Waals surface area contributed by atoms with Crippen LogP contribution in [0.2, 0.25) is 0 Å². The Labute approximate surface area is 444 Å². The summed E-state index contributed by atoms with van der Waals surface area (Å²) >= 11 is 0. The molecule has 6 aliphatic heterocycles. The molecule has 2 saturated heterocycles. The van der Waals surface area contributed by atoms with Crippen molar-refractivity contribution in [1.82, 2.24) is 9.80 Å². The second kappa shape index (κ2) is 22.7. The first-order chi connectivity index (χ1) is 36.1. The van der Waals surface area contributed by atoms with Crippen molar-refractivity contribution in [3.8, 4) is 17.2 Å². The van der Waals surface area contributed by atoms with E-state index in [-0.39, 0.29) is 61.6 Å². The lowest BCUT2D eigenvalue weighted by Gasteiger charge is -2.38. The van der Waals surface area contributed by atoms with E-state index in [0.29, 0.717) is 57.8 Å². The summed E-state index contributed by atoms with van der Waals surface area (Å²) in [6.07, 6.45) is 5.23. The van der Waals surface area contributed by atoms with E-state index in [2.05, 4.69) is 29.4 Å². The molecule has 9 rings (SSSR count). The highest BCUT2D eigenvalue weighted by Gasteiger charge is 2.50. The molecule has 76 heavy (non-hydrogen) atoms. The number of para-hydroxylation sites is 1. The predicted octanol–water partition coefficient (Wildman–Crippen LogP) is 6.22. The fourth-order valence-corrected chi connectivity index (χ4v) is 11.5. The number of benzene rings is 3. The second-order valence-electron chi connectivity index (χ2n) is 22.2. The molecule has 6 heterocycles. The van der Waals surface area contributed by atoms with E-state index in [1.807, 2.05) is 30.3 Å². The van der Waals surface area contributed by atoms with Gasteiger partial charge in [0.25, 0.3) is 11.7 Å². The number of carbonyl (C=O) groups excluding carboxylic acids is 4. The Morgan fingerprint density at radius 1 is 0.895 bits per heavy atom. The van der Waals surface area contributed by atoms with Crippen molar-refractivity contribution in [3.63, 3.8) is 0 Å². The van der Waals surface area contributed by atoms with Gasteiger partial charge in [-0.1, -0.05) is 78.0 Å². The number of esters is 1. The maximum atomic E-state index is 15.0. The first-order valence-corrected chi connectivity index (χ1v) is 26.8. The topological polar surface area (TPSA) is 241 Å². The summed E-state index contributed by atoms with van der Waals surface area (Å²) < 4.78 is 24.7. The molecule has 18 heteroatoms. The molecule has 0 aliphatic carbocycles. The van der Waals surface area contributed by atoms with Crippen LogP contribution in [-0.4, -0.2) is 136 Å². The zero-order valence-electron chi connectivity index (χ0n) is 45.5. The molecule has 0 aromatic heterocycles. The number of piperidine rings is 2. The minimum atomic E-state index is -2.02. The number of nitrogens with zero attached hydrogens (tertiary/aromatic N) is 4. The third-order valence-electron chi connectivity index (χ3n) is 16.1. The van der Waals surface area contributed by atoms with Crippen LogP contribution in [0.25, 0.3) is 10.8 Å². The van der Waals surface area contributed by atoms with Crippen molar-refractivity contribution in [2.45, 2.75) is 136 Å². The Morgan fingerprint density at radius 3 is 2.22 bits per heavy atom. The number of Topliss-reactive ketones (excluding diaryl/α,β-unsaturated/α-hetero) is 1. The minimum Gasteiger partial charge on any atom is -0.507 e. The minimum absolute atomic E-state index is 0.00850. The molecule has 3 aromatic rings. The van der Waals surface area contributed by atoms with E-state index in [1.165, 1.54) is 26.4 Å². The fourth-order valence-electron chi connectivity index (χ4n) is 11.5. The Bertz CT molecular complexity index is 2930. The number of anilines is 2. The molecule has 2 fully saturated rings. The number of phenols is 2. The number of hydrogen-bond donors (Lipinski definition) is 6. The number of aromatic hydroxyl groups is 2. The van der Waals surface area contributed by atoms with Gasteiger partial charge in [0.1, 0.15) is 35.1 Å². The monoisotopic (exact) mass is 1050 g/mol. The smallest absolute Gasteiger partial charge is 0.315 e. The number of ketones is 1. The van der Waals surface area contributed by atoms with Gasteiger partial charge in [0.05, 0.1) is 40.9 Å². The molecular weight excluding hydrogens is 973 g/mol. The van der Waals surface area contributed by atoms with Crippen LogP contribution in [0.1, 0.15) is 103 Å². The summed E-state index contributed by atoms with van der Waals surface area (Å²) in [5, 5.41) is 54.6. The number of amides is 2. The Hall–Kier alpha value is -6.34. The van der Waals surface area contributed by atoms with Crippen molar-refractivity contribution >= 4 is 45.7 Å². The highest BCUT2D eigenvalue weighted by Crippen LogP contribution is 2.50. The highest BCUT2D eigenvalue weighted by atomic mass is 16.7. The van der Waals surface area contributed by atoms with Gasteiger partial charge in [-0.05, 0) is 50.8 Å². The van der Waals surface area contributed by atoms with Crippen molar-refractivity contribution in [2.75, 3.05) is 50.5 Å². The maximum Gasteiger partial charge on any atom is 0.315 e. The molecule has 0 radical (unpaired) electrons. The summed E-state index contributed by atoms with van der Waals surface area (Å²) in [6.45, 7) is 19.0. The van der Waals surface area contributed by atoms with Crippen molar-refractivity contribution in [2.24, 2.45) is 39.6 Å². The molecule has 0 unspecified atom stereocenters. The molecule has 6 N–H and O–H groups in total. The summed E-state index contributed by atoms with van der Waals surface area (Å²) in [5.41, 5.74) is 0.298. The number of hydrogen-bond acceptors (Lipinski definition) is 16. The van der Waals surface area contributed by atoms with Crippen molar-refractivity contribution < 1.29 is 58.6 Å². The Balaban J connectivity index is 1.14. The average molecular weight is 1050 g/mol. The molecule has 0 saturated carbocycles. The number of likely N-dealkylation sites (tertiary alicyclic amines) is 2. The third kappa shape index (κ3) is 11.2. The molecule has 5 bridgehead atoms. The van der Waals surface area contributed by atoms with E-state index in [0.717, 1.165) is 12.2 Å². The molecule has 9 atom stereocenters. The number of phenolic OH excluding ortho intramolecular Hbond substituents is 2. The van der Waals surface area contributed by atoms with Gasteiger partial charge in [-0.15, -0.1) is 0 Å². The predicted molar refractivity (Wildman–Crippen MR) is 286 cm³/mol. The number of fused-ring (bicyclic) bond motifs is 13. The molecule has 3 aromatic carbocycles. The van der Waals surface area contributed by atoms with Gasteiger partial charge in [0, 0.05) is 112 Å². The number of aliphatic hydroxyl groups is 2. The largest absolute Gasteiger partial charge is 0.507 e. The van der Waals surface area contributed by atoms with E-state index in [4.69, 9.17) is 28.9 Å². The van der Waals surface area contributed by atoms with Gasteiger partial charge >= 0.3 is 11.8 Å². The number of aliphatic hydroxyl groups excluding tert-OH is 2. The summed E-state index contributed by atoms with van der Waals surface area (Å²) in [4.78, 5) is 70.9. The number of ether oxygens (including phenoxy) is 4. The lowest BCUT2D eigenvalue weighted by atomic mass is 9.78. The first-order valence-electron chi connectivity index (χ1n) is 26.8. The number of allylic oxidation sites excluding steroid dienone is 2. The van der Waals surface area contributed by atoms with Crippen molar-refractivity contribution in [3.05, 3.63) is 88.3 Å². The zero-order chi connectivity index (χ0) is 55.0. The Morgan fingerprint density at radius 2 is 1.57 bits per heavy atom. The van der Waals surface area contributed by atoms with E-state index in [9.17, 15) is 39.6 Å². The van der Waals surface area contributed by atoms with Crippen LogP contribution in [0.5, 0.6) is 17.2 Å². The molecule has 1 spiro atoms. The van der Waals surface area contributed by atoms with Crippen LogP contribution in [0.4, 0.5) is 11.4 Å². The number of carbonyl (C=O) groups is 4. The molecular formula is C58H76N6O12. The average Bonchev–Trinajstić information content (AvgIpc) is 3.90. The van der Waals surface area contributed by atoms with Crippen LogP contribution < -0.4 is 26.1 Å². The molecule has 410 valence electrons. The van der Waals surface area contributed by atoms with Crippen LogP contribution in [0.15, 0.2) is 76.5 Å². The normalized spacial score (nSPS) is 29.9. The lowest BCUT2D eigenvalue weighted by molar-refractivity contribution is -0.165. The van der Waals surface area contributed by atoms with Gasteiger partial charge in [0.15, 0.2) is 11.4 Å². The molecule has 2 amide bonds. The van der Waals surface area contributed by atoms with Gasteiger partial charge < -0.3 is 59.8 Å². The zero-order valence-corrected chi connectivity index (χ0v) is 45.5. The van der Waals surface area contributed by atoms with Gasteiger partial charge in [-0.3, -0.25) is 29.2 Å². The van der Waals surface area contributed by atoms with E-state index >= 15 is 0 Å². The number of rotatable bonds is 8. The second-order valence-corrected chi connectivity index (χ2v) is 22.2. The standard InChI is InChI=1S/C58H76N6O12/c1-31(2)30-63-26-22-58(23-27-63)61-46-43-44-51(69)37(8)54-45(43)55(71)57(9,76-54)74-28-21-40(73-10)34(5)53(75-42(66)29-41(65)64-24-19-39(20-25-64)59-38-17-12-11-13-18-38)36(7)50(68)35(6)49(67)32(3)15-14-16-33(4)56(72)60-48(52(44)70)47(46)62-58/h11-18,21,28,31-32,34-36,39-40,49-50,53,59,67-70H,19-20,22-27,29-30H2,1-10H3,(H,60,72)/b15-14+,28-21+,33-16-/t32-,34+,35+,36+,40-,49-,50+,53+,57-/m0/s1. The van der Waals surface area contributed by atoms with Crippen LogP contribution in [0.3, 0.4) is 0 Å². The first kappa shape index (κ1) is 55.9. The van der Waals surface area contributed by atoms with Crippen LogP contribution in [-0.2, 0) is 28.6 Å². The SMILES string of the molecule is CO[C@H]1/C=C/O[C@@]2(C)Oc3c(C)c(O)c4c(O)c(c5c(c4c3C2=O)=NC2(CCN(CC(C)C)CC2)N=5)NC(=O)/C(C)=C\C=C\[C@H](C)[C@H](O)[C@@H](C)[C@@H](O)[C@@H](C)[C@H](OC(=O)CC(=O)N2CCC(Nc3ccccc3)CC2)[C@@H]1C. The highest BCUT2D eigenvalue weighted by molar-refractivity contribution is 6.19. The Kier molecular flexibility index (Phi) is 16.7.